The van der Waals surface area contributed by atoms with Crippen LogP contribution >= 0.6 is 15.9 Å². The second kappa shape index (κ2) is 6.33. The summed E-state index contributed by atoms with van der Waals surface area (Å²) in [6, 6.07) is 6.76. The predicted molar refractivity (Wildman–Crippen MR) is 89.2 cm³/mol. The molecule has 7 nitrogen and oxygen atoms in total. The van der Waals surface area contributed by atoms with Crippen LogP contribution in [-0.2, 0) is 4.79 Å². The number of aromatic nitrogens is 2. The lowest BCUT2D eigenvalue weighted by molar-refractivity contribution is -0.120. The van der Waals surface area contributed by atoms with E-state index < -0.39 is 0 Å². The Morgan fingerprint density at radius 1 is 1.39 bits per heavy atom. The molecule has 0 spiro atoms. The number of hydrogen-bond donors (Lipinski definition) is 2. The average Bonchev–Trinajstić information content (AvgIpc) is 2.56. The smallest absolute Gasteiger partial charge is 0.239 e. The largest absolute Gasteiger partial charge is 0.383 e. The number of nitrogen functional groups attached to an aromatic ring is 1. The number of rotatable bonds is 3. The Kier molecular flexibility index (Phi) is 4.24. The fourth-order valence-corrected chi connectivity index (χ4v) is 2.66. The minimum absolute atomic E-state index is 0.0600. The molecule has 0 unspecified atom stereocenters. The van der Waals surface area contributed by atoms with Crippen molar-refractivity contribution < 1.29 is 9.59 Å². The molecule has 3 heterocycles. The minimum Gasteiger partial charge on any atom is -0.383 e. The molecule has 23 heavy (non-hydrogen) atoms. The first-order valence-corrected chi connectivity index (χ1v) is 7.78. The number of pyridine rings is 2. The van der Waals surface area contributed by atoms with Gasteiger partial charge in [-0.1, -0.05) is 6.07 Å². The fraction of sp³-hybridized carbons (Fsp3) is 0.200. The number of carbonyl (C=O) groups excluding carboxylic acids is 2. The maximum atomic E-state index is 12.6. The van der Waals surface area contributed by atoms with Crippen molar-refractivity contribution in [2.24, 2.45) is 0 Å². The van der Waals surface area contributed by atoms with Gasteiger partial charge in [0, 0.05) is 23.8 Å². The third-order valence-corrected chi connectivity index (χ3v) is 3.89. The zero-order chi connectivity index (χ0) is 16.4. The van der Waals surface area contributed by atoms with Crippen molar-refractivity contribution >= 4 is 39.3 Å². The molecular weight excluding hydrogens is 362 g/mol. The Morgan fingerprint density at radius 3 is 3.00 bits per heavy atom. The van der Waals surface area contributed by atoms with Crippen LogP contribution < -0.4 is 16.0 Å². The van der Waals surface area contributed by atoms with Crippen LogP contribution in [0.15, 0.2) is 34.9 Å². The van der Waals surface area contributed by atoms with Gasteiger partial charge in [-0.15, -0.1) is 0 Å². The third-order valence-electron chi connectivity index (χ3n) is 3.46. The molecule has 0 saturated carbocycles. The van der Waals surface area contributed by atoms with Gasteiger partial charge in [0.15, 0.2) is 0 Å². The first-order chi connectivity index (χ1) is 11.0. The van der Waals surface area contributed by atoms with Crippen molar-refractivity contribution in [2.75, 3.05) is 30.3 Å². The summed E-state index contributed by atoms with van der Waals surface area (Å²) in [6.07, 6.45) is 1.53. The normalized spacial score (nSPS) is 14.5. The zero-order valence-corrected chi connectivity index (χ0v) is 13.7. The molecule has 1 aliphatic heterocycles. The third kappa shape index (κ3) is 3.31. The van der Waals surface area contributed by atoms with Crippen LogP contribution in [0.4, 0.5) is 11.6 Å². The number of nitrogens with zero attached hydrogens (tertiary/aromatic N) is 3. The van der Waals surface area contributed by atoms with Gasteiger partial charge in [0.05, 0.1) is 12.1 Å². The SMILES string of the molecule is Nc1ncc(Br)cc1C(=O)c1cccc(N2CCNC(=O)C2)n1. The van der Waals surface area contributed by atoms with Crippen LogP contribution in [0.1, 0.15) is 16.1 Å². The van der Waals surface area contributed by atoms with Gasteiger partial charge in [0.25, 0.3) is 0 Å². The van der Waals surface area contributed by atoms with Crippen LogP contribution in [0.3, 0.4) is 0 Å². The zero-order valence-electron chi connectivity index (χ0n) is 12.1. The molecule has 1 aliphatic rings. The summed E-state index contributed by atoms with van der Waals surface area (Å²) in [6.45, 7) is 1.43. The van der Waals surface area contributed by atoms with Gasteiger partial charge in [-0.3, -0.25) is 9.59 Å². The van der Waals surface area contributed by atoms with Crippen LogP contribution in [0.2, 0.25) is 0 Å². The molecule has 8 heteroatoms. The Bertz CT molecular complexity index is 780. The van der Waals surface area contributed by atoms with Gasteiger partial charge in [-0.05, 0) is 34.1 Å². The average molecular weight is 376 g/mol. The molecule has 0 radical (unpaired) electrons. The molecule has 0 aliphatic carbocycles. The molecule has 2 aromatic heterocycles. The van der Waals surface area contributed by atoms with E-state index in [1.54, 1.807) is 24.3 Å². The van der Waals surface area contributed by atoms with Gasteiger partial charge in [0.2, 0.25) is 11.7 Å². The van der Waals surface area contributed by atoms with E-state index in [0.29, 0.717) is 28.9 Å². The monoisotopic (exact) mass is 375 g/mol. The lowest BCUT2D eigenvalue weighted by Gasteiger charge is -2.27. The molecule has 2 aromatic rings. The molecular formula is C15H14BrN5O2. The Hall–Kier alpha value is -2.48. The van der Waals surface area contributed by atoms with Crippen molar-refractivity contribution in [1.29, 1.82) is 0 Å². The molecule has 0 bridgehead atoms. The Balaban J connectivity index is 1.91. The highest BCUT2D eigenvalue weighted by Crippen LogP contribution is 2.20. The highest BCUT2D eigenvalue weighted by molar-refractivity contribution is 9.10. The summed E-state index contributed by atoms with van der Waals surface area (Å²) in [4.78, 5) is 34.3. The van der Waals surface area contributed by atoms with E-state index in [4.69, 9.17) is 5.73 Å². The van der Waals surface area contributed by atoms with E-state index in [1.165, 1.54) is 6.20 Å². The summed E-state index contributed by atoms with van der Waals surface area (Å²) in [5.74, 6) is 0.379. The summed E-state index contributed by atoms with van der Waals surface area (Å²) >= 11 is 3.28. The van der Waals surface area contributed by atoms with E-state index in [-0.39, 0.29) is 29.7 Å². The second-order valence-electron chi connectivity index (χ2n) is 5.07. The molecule has 118 valence electrons. The quantitative estimate of drug-likeness (QED) is 0.775. The lowest BCUT2D eigenvalue weighted by Crippen LogP contribution is -2.48. The van der Waals surface area contributed by atoms with Gasteiger partial charge < -0.3 is 16.0 Å². The number of nitrogens with two attached hydrogens (primary N) is 1. The van der Waals surface area contributed by atoms with E-state index in [0.717, 1.165) is 0 Å². The summed E-state index contributed by atoms with van der Waals surface area (Å²) in [7, 11) is 0. The number of piperazine rings is 1. The van der Waals surface area contributed by atoms with Crippen molar-refractivity contribution in [1.82, 2.24) is 15.3 Å². The number of ketones is 1. The molecule has 0 atom stereocenters. The topological polar surface area (TPSA) is 101 Å². The number of hydrogen-bond acceptors (Lipinski definition) is 6. The van der Waals surface area contributed by atoms with Gasteiger partial charge in [-0.2, -0.15) is 0 Å². The first kappa shape index (κ1) is 15.4. The van der Waals surface area contributed by atoms with Crippen LogP contribution in [0.5, 0.6) is 0 Å². The number of amides is 1. The van der Waals surface area contributed by atoms with Crippen molar-refractivity contribution in [3.05, 3.63) is 46.2 Å². The molecule has 1 saturated heterocycles. The number of nitrogens with one attached hydrogen (secondary N) is 1. The summed E-state index contributed by atoms with van der Waals surface area (Å²) < 4.78 is 0.666. The molecule has 3 rings (SSSR count). The minimum atomic E-state index is -0.306. The van der Waals surface area contributed by atoms with Crippen molar-refractivity contribution in [3.63, 3.8) is 0 Å². The molecule has 1 fully saturated rings. The number of halogens is 1. The standard InChI is InChI=1S/C15H14BrN5O2/c16-9-6-10(15(17)19-7-9)14(23)11-2-1-3-12(20-11)21-5-4-18-13(22)8-21/h1-3,6-7H,4-5,8H2,(H2,17,19)(H,18,22). The van der Waals surface area contributed by atoms with Crippen LogP contribution in [0, 0.1) is 0 Å². The van der Waals surface area contributed by atoms with Crippen LogP contribution in [-0.4, -0.2) is 41.3 Å². The lowest BCUT2D eigenvalue weighted by atomic mass is 10.1. The van der Waals surface area contributed by atoms with Crippen molar-refractivity contribution in [3.8, 4) is 0 Å². The molecule has 3 N–H and O–H groups in total. The van der Waals surface area contributed by atoms with Gasteiger partial charge in [-0.25, -0.2) is 9.97 Å². The Morgan fingerprint density at radius 2 is 2.22 bits per heavy atom. The molecule has 1 amide bonds. The number of anilines is 2. The maximum absolute atomic E-state index is 12.6. The molecule has 0 aromatic carbocycles. The van der Waals surface area contributed by atoms with E-state index in [2.05, 4.69) is 31.2 Å². The summed E-state index contributed by atoms with van der Waals surface area (Å²) in [5, 5.41) is 2.75. The second-order valence-corrected chi connectivity index (χ2v) is 5.98. The highest BCUT2D eigenvalue weighted by Gasteiger charge is 2.20. The first-order valence-electron chi connectivity index (χ1n) is 6.99. The highest BCUT2D eigenvalue weighted by atomic mass is 79.9. The predicted octanol–water partition coefficient (Wildman–Crippen LogP) is 0.988. The maximum Gasteiger partial charge on any atom is 0.239 e. The fourth-order valence-electron chi connectivity index (χ4n) is 2.33. The van der Waals surface area contributed by atoms with Gasteiger partial charge in [0.1, 0.15) is 17.3 Å². The van der Waals surface area contributed by atoms with Gasteiger partial charge >= 0.3 is 0 Å². The van der Waals surface area contributed by atoms with Crippen LogP contribution in [0.25, 0.3) is 0 Å². The summed E-state index contributed by atoms with van der Waals surface area (Å²) in [5.41, 5.74) is 6.34. The Labute approximate surface area is 141 Å². The van der Waals surface area contributed by atoms with Crippen molar-refractivity contribution in [2.45, 2.75) is 0 Å². The van der Waals surface area contributed by atoms with E-state index in [1.807, 2.05) is 4.90 Å². The number of carbonyl (C=O) groups is 2. The van der Waals surface area contributed by atoms with E-state index >= 15 is 0 Å². The van der Waals surface area contributed by atoms with E-state index in [9.17, 15) is 9.59 Å².